The molecule has 0 aliphatic heterocycles. The van der Waals surface area contributed by atoms with Crippen molar-refractivity contribution in [3.63, 3.8) is 0 Å². The monoisotopic (exact) mass is 433 g/mol. The van der Waals surface area contributed by atoms with Crippen molar-refractivity contribution in [2.24, 2.45) is 5.73 Å². The molecule has 1 atom stereocenters. The SMILES string of the molecule is CC(OC(=O)c1cccc(NC(=O)OC(C)(C)C)c1)C(=O)Nc1sccc1C(N)=O. The molecular weight excluding hydrogens is 410 g/mol. The molecule has 4 N–H and O–H groups in total. The van der Waals surface area contributed by atoms with Crippen LogP contribution in [0.4, 0.5) is 15.5 Å². The average Bonchev–Trinajstić information content (AvgIpc) is 3.08. The van der Waals surface area contributed by atoms with E-state index in [1.54, 1.807) is 38.3 Å². The van der Waals surface area contributed by atoms with Gasteiger partial charge in [0, 0.05) is 5.69 Å². The van der Waals surface area contributed by atoms with Crippen LogP contribution >= 0.6 is 11.3 Å². The molecule has 30 heavy (non-hydrogen) atoms. The molecule has 1 aromatic carbocycles. The molecule has 10 heteroatoms. The van der Waals surface area contributed by atoms with Crippen LogP contribution in [-0.2, 0) is 14.3 Å². The van der Waals surface area contributed by atoms with Gasteiger partial charge in [-0.2, -0.15) is 0 Å². The first-order valence-electron chi connectivity index (χ1n) is 8.95. The molecule has 0 saturated carbocycles. The summed E-state index contributed by atoms with van der Waals surface area (Å²) in [6.07, 6.45) is -1.80. The number of hydrogen-bond donors (Lipinski definition) is 3. The quantitative estimate of drug-likeness (QED) is 0.597. The van der Waals surface area contributed by atoms with Gasteiger partial charge in [0.05, 0.1) is 11.1 Å². The highest BCUT2D eigenvalue weighted by Gasteiger charge is 2.22. The van der Waals surface area contributed by atoms with Crippen LogP contribution in [0, 0.1) is 0 Å². The van der Waals surface area contributed by atoms with E-state index >= 15 is 0 Å². The van der Waals surface area contributed by atoms with Gasteiger partial charge in [0.15, 0.2) is 6.10 Å². The van der Waals surface area contributed by atoms with E-state index in [4.69, 9.17) is 15.2 Å². The lowest BCUT2D eigenvalue weighted by Crippen LogP contribution is -2.30. The Hall–Kier alpha value is -3.40. The van der Waals surface area contributed by atoms with E-state index in [1.165, 1.54) is 25.1 Å². The lowest BCUT2D eigenvalue weighted by atomic mass is 10.2. The van der Waals surface area contributed by atoms with E-state index in [-0.39, 0.29) is 16.1 Å². The predicted octanol–water partition coefficient (Wildman–Crippen LogP) is 3.38. The van der Waals surface area contributed by atoms with Gasteiger partial charge in [0.2, 0.25) is 0 Å². The minimum absolute atomic E-state index is 0.136. The summed E-state index contributed by atoms with van der Waals surface area (Å²) in [5.74, 6) is -2.05. The first kappa shape index (κ1) is 22.9. The van der Waals surface area contributed by atoms with Crippen LogP contribution in [0.25, 0.3) is 0 Å². The fourth-order valence-electron chi connectivity index (χ4n) is 2.24. The van der Waals surface area contributed by atoms with E-state index < -0.39 is 35.6 Å². The van der Waals surface area contributed by atoms with Gasteiger partial charge in [-0.25, -0.2) is 9.59 Å². The van der Waals surface area contributed by atoms with Crippen LogP contribution in [-0.4, -0.2) is 35.6 Å². The second-order valence-electron chi connectivity index (χ2n) is 7.27. The zero-order chi connectivity index (χ0) is 22.5. The maximum atomic E-state index is 12.4. The van der Waals surface area contributed by atoms with Crippen molar-refractivity contribution in [3.8, 4) is 0 Å². The van der Waals surface area contributed by atoms with Crippen LogP contribution in [0.3, 0.4) is 0 Å². The van der Waals surface area contributed by atoms with Gasteiger partial charge >= 0.3 is 12.1 Å². The molecule has 2 aromatic rings. The summed E-state index contributed by atoms with van der Waals surface area (Å²) in [5.41, 5.74) is 5.22. The highest BCUT2D eigenvalue weighted by atomic mass is 32.1. The summed E-state index contributed by atoms with van der Waals surface area (Å²) in [6.45, 7) is 6.59. The lowest BCUT2D eigenvalue weighted by Gasteiger charge is -2.19. The highest BCUT2D eigenvalue weighted by molar-refractivity contribution is 7.14. The molecule has 3 amide bonds. The standard InChI is InChI=1S/C20H23N3O6S/c1-11(16(25)23-17-14(15(21)24)8-9-30-17)28-18(26)12-6-5-7-13(10-12)22-19(27)29-20(2,3)4/h5-11H,1-4H3,(H2,21,24)(H,22,27)(H,23,25). The summed E-state index contributed by atoms with van der Waals surface area (Å²) >= 11 is 1.12. The number of benzene rings is 1. The van der Waals surface area contributed by atoms with Crippen molar-refractivity contribution >= 4 is 45.9 Å². The number of esters is 1. The molecule has 0 saturated heterocycles. The minimum Gasteiger partial charge on any atom is -0.449 e. The molecule has 0 spiro atoms. The number of hydrogen-bond acceptors (Lipinski definition) is 7. The van der Waals surface area contributed by atoms with Gasteiger partial charge in [-0.05, 0) is 57.3 Å². The second kappa shape index (κ2) is 9.40. The number of anilines is 2. The number of nitrogens with one attached hydrogen (secondary N) is 2. The maximum Gasteiger partial charge on any atom is 0.412 e. The van der Waals surface area contributed by atoms with Crippen molar-refractivity contribution in [2.45, 2.75) is 39.4 Å². The zero-order valence-electron chi connectivity index (χ0n) is 17.0. The Morgan fingerprint density at radius 3 is 2.43 bits per heavy atom. The Kier molecular flexibility index (Phi) is 7.17. The number of ether oxygens (including phenoxy) is 2. The smallest absolute Gasteiger partial charge is 0.412 e. The first-order chi connectivity index (χ1) is 14.0. The molecule has 0 aliphatic rings. The van der Waals surface area contributed by atoms with E-state index in [9.17, 15) is 19.2 Å². The molecule has 0 fully saturated rings. The van der Waals surface area contributed by atoms with Crippen LogP contribution in [0.15, 0.2) is 35.7 Å². The van der Waals surface area contributed by atoms with Crippen molar-refractivity contribution in [3.05, 3.63) is 46.8 Å². The number of amides is 3. The number of primary amides is 1. The molecule has 160 valence electrons. The Morgan fingerprint density at radius 2 is 1.80 bits per heavy atom. The summed E-state index contributed by atoms with van der Waals surface area (Å²) < 4.78 is 10.3. The van der Waals surface area contributed by atoms with Crippen molar-refractivity contribution in [2.75, 3.05) is 10.6 Å². The van der Waals surface area contributed by atoms with Crippen molar-refractivity contribution in [1.82, 2.24) is 0 Å². The molecule has 1 aromatic heterocycles. The molecule has 0 aliphatic carbocycles. The van der Waals surface area contributed by atoms with Gasteiger partial charge in [-0.1, -0.05) is 6.07 Å². The molecular formula is C20H23N3O6S. The summed E-state index contributed by atoms with van der Waals surface area (Å²) in [5, 5.41) is 6.92. The maximum absolute atomic E-state index is 12.4. The first-order valence-corrected chi connectivity index (χ1v) is 9.83. The minimum atomic E-state index is -1.14. The number of carbonyl (C=O) groups excluding carboxylic acids is 4. The summed E-state index contributed by atoms with van der Waals surface area (Å²) in [6, 6.07) is 7.51. The van der Waals surface area contributed by atoms with E-state index in [2.05, 4.69) is 10.6 Å². The van der Waals surface area contributed by atoms with Gasteiger partial charge in [-0.15, -0.1) is 11.3 Å². The lowest BCUT2D eigenvalue weighted by molar-refractivity contribution is -0.123. The van der Waals surface area contributed by atoms with Gasteiger partial charge in [0.1, 0.15) is 10.6 Å². The predicted molar refractivity (Wildman–Crippen MR) is 113 cm³/mol. The van der Waals surface area contributed by atoms with E-state index in [0.29, 0.717) is 5.69 Å². The summed E-state index contributed by atoms with van der Waals surface area (Å²) in [7, 11) is 0. The Balaban J connectivity index is 1.99. The third-order valence-electron chi connectivity index (χ3n) is 3.56. The largest absolute Gasteiger partial charge is 0.449 e. The third kappa shape index (κ3) is 6.59. The van der Waals surface area contributed by atoms with Crippen LogP contribution in [0.1, 0.15) is 48.4 Å². The molecule has 9 nitrogen and oxygen atoms in total. The fourth-order valence-corrected chi connectivity index (χ4v) is 3.04. The van der Waals surface area contributed by atoms with Gasteiger partial charge < -0.3 is 20.5 Å². The second-order valence-corrected chi connectivity index (χ2v) is 8.19. The van der Waals surface area contributed by atoms with Crippen molar-refractivity contribution in [1.29, 1.82) is 0 Å². The third-order valence-corrected chi connectivity index (χ3v) is 4.39. The molecule has 1 heterocycles. The highest BCUT2D eigenvalue weighted by Crippen LogP contribution is 2.23. The molecule has 2 rings (SSSR count). The molecule has 0 bridgehead atoms. The summed E-state index contributed by atoms with van der Waals surface area (Å²) in [4.78, 5) is 47.9. The van der Waals surface area contributed by atoms with E-state index in [0.717, 1.165) is 11.3 Å². The van der Waals surface area contributed by atoms with Gasteiger partial charge in [0.25, 0.3) is 11.8 Å². The zero-order valence-corrected chi connectivity index (χ0v) is 17.8. The topological polar surface area (TPSA) is 137 Å². The number of rotatable bonds is 6. The van der Waals surface area contributed by atoms with Crippen LogP contribution in [0.2, 0.25) is 0 Å². The van der Waals surface area contributed by atoms with Crippen molar-refractivity contribution < 1.29 is 28.7 Å². The van der Waals surface area contributed by atoms with Gasteiger partial charge in [-0.3, -0.25) is 14.9 Å². The molecule has 0 radical (unpaired) electrons. The number of nitrogens with two attached hydrogens (primary N) is 1. The Bertz CT molecular complexity index is 963. The average molecular weight is 433 g/mol. The Morgan fingerprint density at radius 1 is 1.10 bits per heavy atom. The normalized spacial score (nSPS) is 11.9. The van der Waals surface area contributed by atoms with E-state index in [1.807, 2.05) is 0 Å². The Labute approximate surface area is 177 Å². The number of carbonyl (C=O) groups is 4. The van der Waals surface area contributed by atoms with Crippen LogP contribution in [0.5, 0.6) is 0 Å². The molecule has 1 unspecified atom stereocenters. The fraction of sp³-hybridized carbons (Fsp3) is 0.300. The van der Waals surface area contributed by atoms with Crippen LogP contribution < -0.4 is 16.4 Å². The number of thiophene rings is 1.